The summed E-state index contributed by atoms with van der Waals surface area (Å²) >= 11 is 5.67. The zero-order chi connectivity index (χ0) is 21.5. The molecule has 3 rings (SSSR count). The van der Waals surface area contributed by atoms with E-state index in [0.717, 1.165) is 0 Å². The lowest BCUT2D eigenvalue weighted by molar-refractivity contribution is -0.137. The van der Waals surface area contributed by atoms with Gasteiger partial charge in [0.15, 0.2) is 6.19 Å². The van der Waals surface area contributed by atoms with E-state index in [4.69, 9.17) is 28.3 Å². The van der Waals surface area contributed by atoms with Gasteiger partial charge in [0.05, 0.1) is 16.3 Å². The molecular formula is C16H9ClF4N8. The van der Waals surface area contributed by atoms with Crippen LogP contribution in [0.3, 0.4) is 0 Å². The van der Waals surface area contributed by atoms with Crippen molar-refractivity contribution in [2.75, 3.05) is 16.8 Å². The summed E-state index contributed by atoms with van der Waals surface area (Å²) in [6.45, 7) is 0. The van der Waals surface area contributed by atoms with Crippen LogP contribution in [0, 0.1) is 28.6 Å². The molecule has 0 saturated heterocycles. The Morgan fingerprint density at radius 1 is 1.24 bits per heavy atom. The average Bonchev–Trinajstić information content (AvgIpc) is 2.62. The van der Waals surface area contributed by atoms with Gasteiger partial charge in [-0.15, -0.1) is 0 Å². The van der Waals surface area contributed by atoms with Crippen molar-refractivity contribution in [1.29, 1.82) is 10.5 Å². The maximum Gasteiger partial charge on any atom is 0.416 e. The lowest BCUT2D eigenvalue weighted by Gasteiger charge is -2.27. The second-order valence-electron chi connectivity index (χ2n) is 5.76. The van der Waals surface area contributed by atoms with Crippen LogP contribution in [0.4, 0.5) is 34.9 Å². The molecule has 0 radical (unpaired) electrons. The van der Waals surface area contributed by atoms with Crippen molar-refractivity contribution in [1.82, 2.24) is 10.3 Å². The normalized spacial score (nSPS) is 15.4. The maximum absolute atomic E-state index is 14.7. The molecule has 0 aliphatic carbocycles. The highest BCUT2D eigenvalue weighted by Gasteiger charge is 2.36. The van der Waals surface area contributed by atoms with E-state index in [-0.39, 0.29) is 34.4 Å². The maximum atomic E-state index is 14.7. The molecule has 29 heavy (non-hydrogen) atoms. The average molecular weight is 425 g/mol. The van der Waals surface area contributed by atoms with Crippen molar-refractivity contribution in [2.24, 2.45) is 4.99 Å². The van der Waals surface area contributed by atoms with E-state index in [2.05, 4.69) is 20.6 Å². The number of anilines is 3. The summed E-state index contributed by atoms with van der Waals surface area (Å²) in [6.07, 6.45) is -3.25. The largest absolute Gasteiger partial charge is 0.416 e. The molecule has 148 valence electrons. The molecule has 8 nitrogen and oxygen atoms in total. The summed E-state index contributed by atoms with van der Waals surface area (Å²) in [5, 5.41) is 22.0. The molecule has 0 fully saturated rings. The monoisotopic (exact) mass is 424 g/mol. The fraction of sp³-hybridized carbons (Fsp3) is 0.125. The second-order valence-corrected chi connectivity index (χ2v) is 6.17. The minimum Gasteiger partial charge on any atom is -0.397 e. The van der Waals surface area contributed by atoms with Crippen LogP contribution in [0.25, 0.3) is 0 Å². The fourth-order valence-electron chi connectivity index (χ4n) is 2.78. The summed E-state index contributed by atoms with van der Waals surface area (Å²) in [5.41, 5.74) is 9.25. The molecule has 0 spiro atoms. The molecule has 1 aliphatic rings. The van der Waals surface area contributed by atoms with Crippen molar-refractivity contribution >= 4 is 34.9 Å². The third-order valence-electron chi connectivity index (χ3n) is 4.04. The number of rotatable bonds is 1. The SMILES string of the molecule is N#CNC1=NC(c2cc(C(F)(F)F)cc(Cl)c2F)c2c(nc(N)c(C#N)c2N)N1. The summed E-state index contributed by atoms with van der Waals surface area (Å²) in [6, 6.07) is 1.19. The number of hydrogen-bond acceptors (Lipinski definition) is 8. The van der Waals surface area contributed by atoms with Crippen molar-refractivity contribution in [3.63, 3.8) is 0 Å². The van der Waals surface area contributed by atoms with Gasteiger partial charge in [0, 0.05) is 11.1 Å². The van der Waals surface area contributed by atoms with Crippen molar-refractivity contribution in [3.8, 4) is 12.3 Å². The lowest BCUT2D eigenvalue weighted by atomic mass is 9.93. The van der Waals surface area contributed by atoms with Crippen LogP contribution in [-0.4, -0.2) is 10.9 Å². The molecule has 1 aromatic heterocycles. The zero-order valence-corrected chi connectivity index (χ0v) is 14.8. The molecule has 1 aliphatic heterocycles. The third kappa shape index (κ3) is 3.41. The Labute approximate surface area is 165 Å². The molecule has 2 aromatic rings. The van der Waals surface area contributed by atoms with Crippen LogP contribution in [-0.2, 0) is 6.18 Å². The minimum atomic E-state index is -4.82. The van der Waals surface area contributed by atoms with Crippen molar-refractivity contribution in [3.05, 3.63) is 45.2 Å². The molecule has 6 N–H and O–H groups in total. The molecule has 1 aromatic carbocycles. The van der Waals surface area contributed by atoms with E-state index in [1.54, 1.807) is 12.3 Å². The third-order valence-corrected chi connectivity index (χ3v) is 4.31. The van der Waals surface area contributed by atoms with Gasteiger partial charge in [-0.1, -0.05) is 11.6 Å². The highest BCUT2D eigenvalue weighted by atomic mass is 35.5. The molecule has 1 atom stereocenters. The highest BCUT2D eigenvalue weighted by Crippen LogP contribution is 2.43. The first kappa shape index (κ1) is 20.0. The Morgan fingerprint density at radius 3 is 2.52 bits per heavy atom. The number of nitrogen functional groups attached to an aromatic ring is 2. The molecule has 2 heterocycles. The topological polar surface area (TPSA) is 149 Å². The number of hydrogen-bond donors (Lipinski definition) is 4. The zero-order valence-electron chi connectivity index (χ0n) is 14.1. The van der Waals surface area contributed by atoms with Gasteiger partial charge in [-0.3, -0.25) is 5.32 Å². The Kier molecular flexibility index (Phi) is 4.82. The molecule has 13 heteroatoms. The Bertz CT molecular complexity index is 1130. The van der Waals surface area contributed by atoms with E-state index in [1.165, 1.54) is 0 Å². The number of nitrogens with two attached hydrogens (primary N) is 2. The van der Waals surface area contributed by atoms with Gasteiger partial charge in [0.1, 0.15) is 35.1 Å². The number of fused-ring (bicyclic) bond motifs is 1. The van der Waals surface area contributed by atoms with E-state index in [1.807, 2.05) is 0 Å². The number of nitriles is 2. The predicted molar refractivity (Wildman–Crippen MR) is 95.8 cm³/mol. The van der Waals surface area contributed by atoms with Crippen LogP contribution in [0.5, 0.6) is 0 Å². The number of nitrogens with zero attached hydrogens (tertiary/aromatic N) is 4. The summed E-state index contributed by atoms with van der Waals surface area (Å²) < 4.78 is 54.4. The van der Waals surface area contributed by atoms with Crippen molar-refractivity contribution < 1.29 is 17.6 Å². The molecule has 0 bridgehead atoms. The van der Waals surface area contributed by atoms with E-state index < -0.39 is 34.2 Å². The van der Waals surface area contributed by atoms with Gasteiger partial charge in [-0.2, -0.15) is 23.7 Å². The number of aromatic nitrogens is 1. The Morgan fingerprint density at radius 2 is 1.93 bits per heavy atom. The van der Waals surface area contributed by atoms with Crippen LogP contribution < -0.4 is 22.1 Å². The highest BCUT2D eigenvalue weighted by molar-refractivity contribution is 6.30. The van der Waals surface area contributed by atoms with Crippen LogP contribution in [0.1, 0.15) is 28.3 Å². The number of alkyl halides is 3. The number of guanidine groups is 1. The van der Waals surface area contributed by atoms with Gasteiger partial charge in [-0.05, 0) is 12.1 Å². The summed E-state index contributed by atoms with van der Waals surface area (Å²) in [4.78, 5) is 7.94. The molecular weight excluding hydrogens is 416 g/mol. The van der Waals surface area contributed by atoms with Gasteiger partial charge < -0.3 is 16.8 Å². The number of pyridine rings is 1. The van der Waals surface area contributed by atoms with Crippen LogP contribution >= 0.6 is 11.6 Å². The smallest absolute Gasteiger partial charge is 0.397 e. The lowest BCUT2D eigenvalue weighted by Crippen LogP contribution is -2.33. The van der Waals surface area contributed by atoms with E-state index >= 15 is 0 Å². The number of aliphatic imine (C=N–C) groups is 1. The Balaban J connectivity index is 2.34. The van der Waals surface area contributed by atoms with Gasteiger partial charge in [0.2, 0.25) is 5.96 Å². The first-order chi connectivity index (χ1) is 13.6. The van der Waals surface area contributed by atoms with Crippen LogP contribution in [0.15, 0.2) is 17.1 Å². The molecule has 0 amide bonds. The van der Waals surface area contributed by atoms with Gasteiger partial charge in [-0.25, -0.2) is 14.4 Å². The van der Waals surface area contributed by atoms with Crippen LogP contribution in [0.2, 0.25) is 5.02 Å². The standard InChI is InChI=1S/C16H9ClF4N8/c17-8-2-5(16(19,20)21)1-6(10(8)18)12-9-11(24)7(3-22)13(25)28-14(9)29-15(27-12)26-4-23/h1-2,12H,(H6,24,25,26,27,28,29). The van der Waals surface area contributed by atoms with E-state index in [9.17, 15) is 22.8 Å². The van der Waals surface area contributed by atoms with E-state index in [0.29, 0.717) is 12.1 Å². The van der Waals surface area contributed by atoms with Gasteiger partial charge >= 0.3 is 6.18 Å². The quantitative estimate of drug-likeness (QED) is 0.312. The summed E-state index contributed by atoms with van der Waals surface area (Å²) in [5.74, 6) is -1.79. The number of benzene rings is 1. The minimum absolute atomic E-state index is 0.0893. The number of halogens is 5. The molecule has 1 unspecified atom stereocenters. The summed E-state index contributed by atoms with van der Waals surface area (Å²) in [7, 11) is 0. The van der Waals surface area contributed by atoms with Gasteiger partial charge in [0.25, 0.3) is 0 Å². The fourth-order valence-corrected chi connectivity index (χ4v) is 3.01. The Hall–Kier alpha value is -3.77. The number of nitrogens with one attached hydrogen (secondary N) is 2. The predicted octanol–water partition coefficient (Wildman–Crippen LogP) is 2.87. The van der Waals surface area contributed by atoms with Crippen molar-refractivity contribution in [2.45, 2.75) is 12.2 Å². The first-order valence-electron chi connectivity index (χ1n) is 7.63. The second kappa shape index (κ2) is 7.00. The first-order valence-corrected chi connectivity index (χ1v) is 8.01. The molecule has 0 saturated carbocycles.